The van der Waals surface area contributed by atoms with Gasteiger partial charge in [0.25, 0.3) is 0 Å². The average Bonchev–Trinajstić information content (AvgIpc) is 3.50. The normalized spacial score (nSPS) is 15.2. The molecule has 0 radical (unpaired) electrons. The molecule has 0 unspecified atom stereocenters. The molecule has 1 aromatic carbocycles. The third-order valence-electron chi connectivity index (χ3n) is 7.04. The van der Waals surface area contributed by atoms with Crippen LogP contribution in [0, 0.1) is 12.7 Å². The van der Waals surface area contributed by atoms with E-state index in [1.165, 1.54) is 12.1 Å². The van der Waals surface area contributed by atoms with Gasteiger partial charge in [-0.2, -0.15) is 18.3 Å². The number of alkyl halides is 3. The first-order valence-electron chi connectivity index (χ1n) is 12.6. The highest BCUT2D eigenvalue weighted by atomic mass is 19.4. The Hall–Kier alpha value is -4.13. The summed E-state index contributed by atoms with van der Waals surface area (Å²) >= 11 is 0. The number of hydrogen-bond donors (Lipinski definition) is 3. The first kappa shape index (κ1) is 27.4. The Morgan fingerprint density at radius 1 is 1.20 bits per heavy atom. The first-order valence-corrected chi connectivity index (χ1v) is 12.6. The molecule has 1 aliphatic rings. The number of rotatable bonds is 9. The molecule has 1 atom stereocenters. The molecule has 13 heteroatoms. The van der Waals surface area contributed by atoms with Crippen molar-refractivity contribution in [1.82, 2.24) is 20.2 Å². The van der Waals surface area contributed by atoms with Crippen molar-refractivity contribution >= 4 is 11.7 Å². The summed E-state index contributed by atoms with van der Waals surface area (Å²) in [5.41, 5.74) is 1.11. The van der Waals surface area contributed by atoms with E-state index in [-0.39, 0.29) is 36.4 Å². The molecule has 0 saturated heterocycles. The second-order valence-electron chi connectivity index (χ2n) is 10.1. The second-order valence-corrected chi connectivity index (χ2v) is 10.1. The number of nitrogens with one attached hydrogen (secondary N) is 2. The van der Waals surface area contributed by atoms with E-state index in [4.69, 9.17) is 4.52 Å². The number of nitrogens with zero attached hydrogens (tertiary/aromatic N) is 4. The Balaban J connectivity index is 1.20. The molecule has 0 spiro atoms. The van der Waals surface area contributed by atoms with Crippen molar-refractivity contribution in [3.63, 3.8) is 0 Å². The minimum atomic E-state index is -4.46. The summed E-state index contributed by atoms with van der Waals surface area (Å²) in [4.78, 5) is 21.2. The zero-order valence-corrected chi connectivity index (χ0v) is 21.7. The number of hydrogen-bond acceptors (Lipinski definition) is 6. The van der Waals surface area contributed by atoms with E-state index < -0.39 is 29.4 Å². The number of carbonyl (C=O) groups excluding carboxylic acids is 1. The first-order chi connectivity index (χ1) is 18.9. The predicted molar refractivity (Wildman–Crippen MR) is 133 cm³/mol. The van der Waals surface area contributed by atoms with Gasteiger partial charge < -0.3 is 14.9 Å². The van der Waals surface area contributed by atoms with Crippen LogP contribution in [0.5, 0.6) is 0 Å². The highest BCUT2D eigenvalue weighted by Gasteiger charge is 2.66. The van der Waals surface area contributed by atoms with Crippen molar-refractivity contribution in [3.05, 3.63) is 77.1 Å². The molecule has 1 saturated carbocycles. The molecule has 0 bridgehead atoms. The molecule has 1 fully saturated rings. The van der Waals surface area contributed by atoms with Crippen LogP contribution in [0.2, 0.25) is 0 Å². The fraction of sp³-hybridized carbons (Fsp3) is 0.370. The largest absolute Gasteiger partial charge is 0.401 e. The van der Waals surface area contributed by atoms with E-state index in [9.17, 15) is 27.5 Å². The summed E-state index contributed by atoms with van der Waals surface area (Å²) in [6.45, 7) is 4.09. The lowest BCUT2D eigenvalue weighted by Crippen LogP contribution is -2.42. The van der Waals surface area contributed by atoms with Gasteiger partial charge in [-0.25, -0.2) is 14.4 Å². The van der Waals surface area contributed by atoms with Gasteiger partial charge in [-0.3, -0.25) is 4.79 Å². The maximum atomic E-state index is 14.8. The van der Waals surface area contributed by atoms with Gasteiger partial charge in [0, 0.05) is 37.4 Å². The second kappa shape index (κ2) is 10.5. The van der Waals surface area contributed by atoms with Crippen LogP contribution in [0.4, 0.5) is 23.4 Å². The molecule has 0 aliphatic heterocycles. The Bertz CT molecular complexity index is 1520. The Labute approximate surface area is 226 Å². The van der Waals surface area contributed by atoms with Crippen LogP contribution >= 0.6 is 0 Å². The summed E-state index contributed by atoms with van der Waals surface area (Å²) in [5, 5.41) is 18.6. The van der Waals surface area contributed by atoms with Gasteiger partial charge in [-0.05, 0) is 37.0 Å². The molecule has 4 aromatic rings. The van der Waals surface area contributed by atoms with Crippen LogP contribution in [-0.2, 0) is 29.6 Å². The third kappa shape index (κ3) is 5.60. The number of aliphatic hydroxyl groups excluding tert-OH is 1. The molecule has 40 heavy (non-hydrogen) atoms. The topological polar surface area (TPSA) is 121 Å². The molecular weight excluding hydrogens is 532 g/mol. The van der Waals surface area contributed by atoms with Crippen molar-refractivity contribution < 1.29 is 36.7 Å². The van der Waals surface area contributed by atoms with Crippen LogP contribution in [0.3, 0.4) is 0 Å². The maximum absolute atomic E-state index is 14.8. The van der Waals surface area contributed by atoms with Gasteiger partial charge in [0.1, 0.15) is 23.2 Å². The fourth-order valence-electron chi connectivity index (χ4n) is 4.51. The maximum Gasteiger partial charge on any atom is 0.401 e. The molecule has 1 amide bonds. The van der Waals surface area contributed by atoms with Crippen molar-refractivity contribution in [3.8, 4) is 11.1 Å². The van der Waals surface area contributed by atoms with Crippen molar-refractivity contribution in [2.45, 2.75) is 63.8 Å². The summed E-state index contributed by atoms with van der Waals surface area (Å²) in [6.07, 6.45) is -0.00247. The Morgan fingerprint density at radius 3 is 2.55 bits per heavy atom. The van der Waals surface area contributed by atoms with E-state index >= 15 is 0 Å². The molecule has 210 valence electrons. The zero-order valence-electron chi connectivity index (χ0n) is 21.7. The summed E-state index contributed by atoms with van der Waals surface area (Å²) in [5.74, 6) is -1.20. The number of anilines is 1. The number of aromatic amines is 1. The number of benzene rings is 1. The van der Waals surface area contributed by atoms with Crippen LogP contribution in [0.25, 0.3) is 11.1 Å². The van der Waals surface area contributed by atoms with Gasteiger partial charge in [-0.15, -0.1) is 4.68 Å². The Morgan fingerprint density at radius 2 is 1.93 bits per heavy atom. The number of aromatic nitrogens is 5. The van der Waals surface area contributed by atoms with E-state index in [0.29, 0.717) is 29.9 Å². The van der Waals surface area contributed by atoms with E-state index in [1.54, 1.807) is 25.4 Å². The molecule has 3 aromatic heterocycles. The molecule has 5 rings (SSSR count). The monoisotopic (exact) mass is 559 g/mol. The molecular formula is C27H27F4N6O3+. The number of carbonyl (C=O) groups is 1. The SMILES string of the molecule is Cc1c(Cc2ncc(-c3ccc(CC(=O)Nc4cc(C5(C(F)(F)F)CC5)on4)c(F)c3)cn2)c[nH][n+]1C[C@@H](C)O. The van der Waals surface area contributed by atoms with Crippen LogP contribution in [-0.4, -0.2) is 43.5 Å². The predicted octanol–water partition coefficient (Wildman–Crippen LogP) is 3.94. The van der Waals surface area contributed by atoms with Crippen LogP contribution in [0.15, 0.2) is 47.4 Å². The van der Waals surface area contributed by atoms with Gasteiger partial charge >= 0.3 is 6.18 Å². The summed E-state index contributed by atoms with van der Waals surface area (Å²) in [7, 11) is 0. The van der Waals surface area contributed by atoms with E-state index in [0.717, 1.165) is 17.3 Å². The van der Waals surface area contributed by atoms with Gasteiger partial charge in [0.05, 0.1) is 18.2 Å². The minimum Gasteiger partial charge on any atom is -0.387 e. The number of H-pyrrole nitrogens is 1. The minimum absolute atomic E-state index is 0.0954. The van der Waals surface area contributed by atoms with Crippen molar-refractivity contribution in [2.24, 2.45) is 0 Å². The fourth-order valence-corrected chi connectivity index (χ4v) is 4.51. The Kier molecular flexibility index (Phi) is 7.17. The van der Waals surface area contributed by atoms with Crippen LogP contribution < -0.4 is 10.00 Å². The molecule has 1 aliphatic carbocycles. The lowest BCUT2D eigenvalue weighted by atomic mass is 10.0. The number of halogens is 4. The zero-order chi connectivity index (χ0) is 28.7. The van der Waals surface area contributed by atoms with Crippen LogP contribution in [0.1, 0.15) is 48.2 Å². The highest BCUT2D eigenvalue weighted by Crippen LogP contribution is 2.59. The molecule has 3 heterocycles. The molecule has 3 N–H and O–H groups in total. The van der Waals surface area contributed by atoms with Crippen molar-refractivity contribution in [2.75, 3.05) is 5.32 Å². The van der Waals surface area contributed by atoms with Gasteiger partial charge in [-0.1, -0.05) is 17.3 Å². The third-order valence-corrected chi connectivity index (χ3v) is 7.04. The standard InChI is InChI=1S/C27H26F4N6O3/c1-15(38)14-37-16(2)19(13-34-37)8-23-32-11-20(12-33-23)17-3-4-18(21(28)7-17)9-25(39)35-24-10-22(40-36-24)26(5-6-26)27(29,30)31/h3-4,7,10-13,15,38H,5-6,8-9,14H2,1-2H3,(H,35,36,39)/p+1/t15-/m1/s1. The lowest BCUT2D eigenvalue weighted by Gasteiger charge is -2.14. The highest BCUT2D eigenvalue weighted by molar-refractivity contribution is 5.91. The summed E-state index contributed by atoms with van der Waals surface area (Å²) < 4.78 is 61.3. The van der Waals surface area contributed by atoms with E-state index in [1.807, 2.05) is 17.8 Å². The van der Waals surface area contributed by atoms with Gasteiger partial charge in [0.2, 0.25) is 11.6 Å². The molecule has 9 nitrogen and oxygen atoms in total. The smallest absolute Gasteiger partial charge is 0.387 e. The lowest BCUT2D eigenvalue weighted by molar-refractivity contribution is -0.760. The summed E-state index contributed by atoms with van der Waals surface area (Å²) in [6, 6.07) is 5.42. The van der Waals surface area contributed by atoms with E-state index in [2.05, 4.69) is 25.5 Å². The number of amides is 1. The number of aliphatic hydroxyl groups is 1. The average molecular weight is 560 g/mol. The van der Waals surface area contributed by atoms with Crippen molar-refractivity contribution in [1.29, 1.82) is 0 Å². The van der Waals surface area contributed by atoms with Gasteiger partial charge in [0.15, 0.2) is 18.1 Å². The quantitative estimate of drug-likeness (QED) is 0.211.